The highest BCUT2D eigenvalue weighted by Crippen LogP contribution is 2.43. The van der Waals surface area contributed by atoms with Crippen LogP contribution in [0.2, 0.25) is 0 Å². The molecule has 0 amide bonds. The minimum atomic E-state index is 0.0232. The molecule has 0 radical (unpaired) electrons. The van der Waals surface area contributed by atoms with Crippen molar-refractivity contribution in [1.29, 1.82) is 0 Å². The number of pyridine rings is 2. The Morgan fingerprint density at radius 1 is 0.909 bits per heavy atom. The molecule has 5 heterocycles. The van der Waals surface area contributed by atoms with Crippen LogP contribution in [0, 0.1) is 6.92 Å². The summed E-state index contributed by atoms with van der Waals surface area (Å²) in [5.41, 5.74) is 9.03. The van der Waals surface area contributed by atoms with Gasteiger partial charge >= 0.3 is 0 Å². The Kier molecular flexibility index (Phi) is 7.21. The number of hydrogen-bond acceptors (Lipinski definition) is 8. The molecular weight excluding hydrogens is 554 g/mol. The summed E-state index contributed by atoms with van der Waals surface area (Å²) in [7, 11) is 5.48. The van der Waals surface area contributed by atoms with Gasteiger partial charge in [0.15, 0.2) is 0 Å². The number of aryl methyl sites for hydroxylation is 3. The molecule has 1 saturated heterocycles. The topological polar surface area (TPSA) is 80.9 Å². The maximum absolute atomic E-state index is 13.1. The zero-order chi connectivity index (χ0) is 30.4. The Morgan fingerprint density at radius 2 is 1.70 bits per heavy atom. The van der Waals surface area contributed by atoms with Crippen molar-refractivity contribution in [2.75, 3.05) is 61.2 Å². The highest BCUT2D eigenvalue weighted by Gasteiger charge is 2.28. The van der Waals surface area contributed by atoms with E-state index in [1.807, 2.05) is 57.8 Å². The summed E-state index contributed by atoms with van der Waals surface area (Å²) in [5.74, 6) is 0.846. The number of morpholine rings is 1. The smallest absolute Gasteiger partial charge is 0.253 e. The van der Waals surface area contributed by atoms with Gasteiger partial charge in [0.25, 0.3) is 5.56 Å². The molecule has 0 atom stereocenters. The number of hydrogen-bond donors (Lipinski definition) is 0. The van der Waals surface area contributed by atoms with Crippen LogP contribution in [0.5, 0.6) is 5.75 Å². The van der Waals surface area contributed by atoms with Gasteiger partial charge in [-0.3, -0.25) is 14.5 Å². The summed E-state index contributed by atoms with van der Waals surface area (Å²) in [5, 5.41) is 5.43. The van der Waals surface area contributed by atoms with E-state index in [4.69, 9.17) is 14.5 Å². The van der Waals surface area contributed by atoms with Crippen molar-refractivity contribution in [1.82, 2.24) is 19.3 Å². The molecule has 2 aliphatic heterocycles. The fourth-order valence-electron chi connectivity index (χ4n) is 6.35. The molecule has 0 spiro atoms. The van der Waals surface area contributed by atoms with E-state index in [0.29, 0.717) is 13.2 Å². The molecule has 44 heavy (non-hydrogen) atoms. The molecule has 10 heteroatoms. The molecule has 5 aromatic rings. The first-order chi connectivity index (χ1) is 21.4. The molecule has 2 aliphatic rings. The van der Waals surface area contributed by atoms with Crippen molar-refractivity contribution in [3.05, 3.63) is 88.6 Å². The van der Waals surface area contributed by atoms with E-state index in [-0.39, 0.29) is 5.56 Å². The molecule has 0 saturated carbocycles. The number of rotatable bonds is 6. The van der Waals surface area contributed by atoms with Crippen molar-refractivity contribution >= 4 is 33.7 Å². The molecular formula is C34H37N7O3. The van der Waals surface area contributed by atoms with Crippen molar-refractivity contribution in [3.8, 4) is 17.0 Å². The van der Waals surface area contributed by atoms with Gasteiger partial charge in [0.1, 0.15) is 5.75 Å². The third-order valence-corrected chi connectivity index (χ3v) is 8.77. The van der Waals surface area contributed by atoms with Gasteiger partial charge in [-0.1, -0.05) is 12.1 Å². The molecule has 0 aliphatic carbocycles. The molecule has 0 N–H and O–H groups in total. The number of methoxy groups -OCH3 is 1. The third kappa shape index (κ3) is 5.05. The van der Waals surface area contributed by atoms with E-state index in [1.165, 1.54) is 5.56 Å². The molecule has 7 rings (SSSR count). The average molecular weight is 592 g/mol. The first-order valence-electron chi connectivity index (χ1n) is 15.0. The van der Waals surface area contributed by atoms with Crippen LogP contribution in [0.3, 0.4) is 0 Å². The number of ether oxygens (including phenoxy) is 2. The average Bonchev–Trinajstić information content (AvgIpc) is 3.50. The van der Waals surface area contributed by atoms with Gasteiger partial charge in [-0.15, -0.1) is 0 Å². The van der Waals surface area contributed by atoms with Gasteiger partial charge in [0, 0.05) is 75.2 Å². The van der Waals surface area contributed by atoms with Crippen LogP contribution in [0.25, 0.3) is 22.2 Å². The van der Waals surface area contributed by atoms with Gasteiger partial charge in [0.2, 0.25) is 0 Å². The molecule has 0 unspecified atom stereocenters. The van der Waals surface area contributed by atoms with Gasteiger partial charge in [-0.2, -0.15) is 5.10 Å². The zero-order valence-corrected chi connectivity index (χ0v) is 25.7. The van der Waals surface area contributed by atoms with Crippen LogP contribution in [-0.4, -0.2) is 65.8 Å². The Hall–Kier alpha value is -4.83. The van der Waals surface area contributed by atoms with Crippen molar-refractivity contribution in [2.24, 2.45) is 14.1 Å². The Labute approximate surface area is 256 Å². The molecule has 226 valence electrons. The summed E-state index contributed by atoms with van der Waals surface area (Å²) in [6.07, 6.45) is 5.83. The summed E-state index contributed by atoms with van der Waals surface area (Å²) in [6.45, 7) is 7.22. The fourth-order valence-corrected chi connectivity index (χ4v) is 6.35. The zero-order valence-electron chi connectivity index (χ0n) is 25.7. The van der Waals surface area contributed by atoms with E-state index < -0.39 is 0 Å². The number of nitrogens with zero attached hydrogens (tertiary/aromatic N) is 7. The minimum Gasteiger partial charge on any atom is -0.497 e. The second-order valence-corrected chi connectivity index (χ2v) is 11.6. The van der Waals surface area contributed by atoms with Crippen molar-refractivity contribution < 1.29 is 9.47 Å². The lowest BCUT2D eigenvalue weighted by molar-refractivity contribution is 0.122. The standard InChI is InChI=1S/C34H37N7O3/c1-23-15-28-30(38(3)34(23)42)16-26(39-11-13-44-14-12-39)17-31(28)41-10-9-40(21-24-5-7-27(43-4)8-6-24)32-18-29(35-20-33(32)41)25-19-36-37(2)22-25/h5-8,15-20,22H,9-14,21H2,1-4H3. The SMILES string of the molecule is COc1ccc(CN2CCN(c3cc(N4CCOCC4)cc4c3cc(C)c(=O)n4C)c3cnc(-c4cnn(C)c4)cc32)cc1. The number of fused-ring (bicyclic) bond motifs is 2. The lowest BCUT2D eigenvalue weighted by atomic mass is 10.0. The molecule has 10 nitrogen and oxygen atoms in total. The Balaban J connectivity index is 1.38. The van der Waals surface area contributed by atoms with Gasteiger partial charge in [0.05, 0.1) is 61.0 Å². The quantitative estimate of drug-likeness (QED) is 0.283. The Morgan fingerprint density at radius 3 is 2.43 bits per heavy atom. The molecule has 0 bridgehead atoms. The predicted molar refractivity (Wildman–Crippen MR) is 174 cm³/mol. The number of benzene rings is 2. The van der Waals surface area contributed by atoms with Crippen LogP contribution in [0.1, 0.15) is 11.1 Å². The van der Waals surface area contributed by atoms with Crippen LogP contribution >= 0.6 is 0 Å². The van der Waals surface area contributed by atoms with Crippen LogP contribution < -0.4 is 25.0 Å². The summed E-state index contributed by atoms with van der Waals surface area (Å²) >= 11 is 0. The first kappa shape index (κ1) is 28.0. The maximum atomic E-state index is 13.1. The van der Waals surface area contributed by atoms with Gasteiger partial charge in [-0.25, -0.2) is 0 Å². The van der Waals surface area contributed by atoms with Crippen LogP contribution in [-0.2, 0) is 25.4 Å². The summed E-state index contributed by atoms with van der Waals surface area (Å²) in [6, 6.07) is 16.9. The number of anilines is 4. The third-order valence-electron chi connectivity index (χ3n) is 8.77. The molecule has 3 aromatic heterocycles. The van der Waals surface area contributed by atoms with Crippen LogP contribution in [0.15, 0.2) is 71.9 Å². The van der Waals surface area contributed by atoms with Crippen LogP contribution in [0.4, 0.5) is 22.7 Å². The molecule has 1 fully saturated rings. The van der Waals surface area contributed by atoms with E-state index in [9.17, 15) is 4.79 Å². The minimum absolute atomic E-state index is 0.0232. The normalized spacial score (nSPS) is 15.1. The van der Waals surface area contributed by atoms with Crippen molar-refractivity contribution in [3.63, 3.8) is 0 Å². The van der Waals surface area contributed by atoms with E-state index >= 15 is 0 Å². The van der Waals surface area contributed by atoms with E-state index in [1.54, 1.807) is 16.4 Å². The second-order valence-electron chi connectivity index (χ2n) is 11.6. The predicted octanol–water partition coefficient (Wildman–Crippen LogP) is 4.65. The molecule has 2 aromatic carbocycles. The maximum Gasteiger partial charge on any atom is 0.253 e. The van der Waals surface area contributed by atoms with Gasteiger partial charge in [-0.05, 0) is 48.9 Å². The largest absolute Gasteiger partial charge is 0.497 e. The summed E-state index contributed by atoms with van der Waals surface area (Å²) in [4.78, 5) is 25.1. The first-order valence-corrected chi connectivity index (χ1v) is 15.0. The summed E-state index contributed by atoms with van der Waals surface area (Å²) < 4.78 is 14.6. The second kappa shape index (κ2) is 11.3. The monoisotopic (exact) mass is 591 g/mol. The van der Waals surface area contributed by atoms with Crippen molar-refractivity contribution in [2.45, 2.75) is 13.5 Å². The van der Waals surface area contributed by atoms with Gasteiger partial charge < -0.3 is 28.7 Å². The van der Waals surface area contributed by atoms with E-state index in [2.05, 4.69) is 50.1 Å². The highest BCUT2D eigenvalue weighted by molar-refractivity contribution is 5.99. The fraction of sp³-hybridized carbons (Fsp3) is 0.324. The number of aromatic nitrogens is 4. The van der Waals surface area contributed by atoms with E-state index in [0.717, 1.165) is 88.9 Å². The highest BCUT2D eigenvalue weighted by atomic mass is 16.5. The Bertz CT molecular complexity index is 1890. The lowest BCUT2D eigenvalue weighted by Gasteiger charge is -2.40. The lowest BCUT2D eigenvalue weighted by Crippen LogP contribution is -2.39.